The van der Waals surface area contributed by atoms with Crippen molar-refractivity contribution in [2.75, 3.05) is 0 Å². The highest BCUT2D eigenvalue weighted by molar-refractivity contribution is 4.81. The van der Waals surface area contributed by atoms with Gasteiger partial charge in [-0.15, -0.1) is 0 Å². The van der Waals surface area contributed by atoms with E-state index in [-0.39, 0.29) is 0 Å². The summed E-state index contributed by atoms with van der Waals surface area (Å²) in [6.45, 7) is 4.57. The van der Waals surface area contributed by atoms with Gasteiger partial charge in [0.25, 0.3) is 0 Å². The summed E-state index contributed by atoms with van der Waals surface area (Å²) < 4.78 is 0. The smallest absolute Gasteiger partial charge is 0.0351 e. The van der Waals surface area contributed by atoms with E-state index in [9.17, 15) is 0 Å². The number of unbranched alkanes of at least 4 members (excludes halogenated alkanes) is 13. The molecular weight excluding hydrogens is 228 g/mol. The van der Waals surface area contributed by atoms with Crippen LogP contribution in [0.1, 0.15) is 110 Å². The average molecular weight is 267 g/mol. The molecule has 0 fully saturated rings. The van der Waals surface area contributed by atoms with E-state index in [0.29, 0.717) is 0 Å². The molecule has 0 aliphatic heterocycles. The molecule has 0 unspecified atom stereocenters. The maximum Gasteiger partial charge on any atom is -0.0351 e. The van der Waals surface area contributed by atoms with Crippen molar-refractivity contribution in [2.45, 2.75) is 110 Å². The number of hydrogen-bond donors (Lipinski definition) is 0. The molecule has 0 heteroatoms. The van der Waals surface area contributed by atoms with Crippen LogP contribution >= 0.6 is 0 Å². The lowest BCUT2D eigenvalue weighted by molar-refractivity contribution is 0.566. The van der Waals surface area contributed by atoms with E-state index >= 15 is 0 Å². The molecule has 0 radical (unpaired) electrons. The second-order valence-corrected chi connectivity index (χ2v) is 5.94. The van der Waals surface area contributed by atoms with Gasteiger partial charge in [0.1, 0.15) is 0 Å². The SMILES string of the molecule is CCCCCC/C=C\CCCCCCCCCCC. The molecule has 0 heterocycles. The van der Waals surface area contributed by atoms with Crippen LogP contribution in [-0.4, -0.2) is 0 Å². The molecule has 0 amide bonds. The molecule has 0 saturated carbocycles. The summed E-state index contributed by atoms with van der Waals surface area (Å²) in [6, 6.07) is 0. The number of allylic oxidation sites excluding steroid dienone is 2. The maximum absolute atomic E-state index is 2.41. The summed E-state index contributed by atoms with van der Waals surface area (Å²) in [5.74, 6) is 0. The third-order valence-corrected chi connectivity index (χ3v) is 3.87. The van der Waals surface area contributed by atoms with Gasteiger partial charge in [-0.1, -0.05) is 96.6 Å². The predicted octanol–water partition coefficient (Wildman–Crippen LogP) is 7.43. The van der Waals surface area contributed by atoms with Gasteiger partial charge in [0, 0.05) is 0 Å². The van der Waals surface area contributed by atoms with Crippen LogP contribution in [0.2, 0.25) is 0 Å². The zero-order valence-corrected chi connectivity index (χ0v) is 13.8. The fourth-order valence-corrected chi connectivity index (χ4v) is 2.50. The van der Waals surface area contributed by atoms with Crippen molar-refractivity contribution in [3.05, 3.63) is 12.2 Å². The second-order valence-electron chi connectivity index (χ2n) is 5.94. The Balaban J connectivity index is 2.99. The first-order valence-electron chi connectivity index (χ1n) is 9.06. The minimum atomic E-state index is 1.30. The largest absolute Gasteiger partial charge is 0.0885 e. The van der Waals surface area contributed by atoms with Gasteiger partial charge in [0.05, 0.1) is 0 Å². The van der Waals surface area contributed by atoms with Gasteiger partial charge >= 0.3 is 0 Å². The van der Waals surface area contributed by atoms with E-state index in [2.05, 4.69) is 26.0 Å². The first-order chi connectivity index (χ1) is 9.41. The van der Waals surface area contributed by atoms with Crippen molar-refractivity contribution in [2.24, 2.45) is 0 Å². The first kappa shape index (κ1) is 18.7. The molecule has 0 nitrogen and oxygen atoms in total. The topological polar surface area (TPSA) is 0 Å². The van der Waals surface area contributed by atoms with E-state index in [1.54, 1.807) is 0 Å². The lowest BCUT2D eigenvalue weighted by Gasteiger charge is -2.00. The van der Waals surface area contributed by atoms with E-state index in [0.717, 1.165) is 0 Å². The summed E-state index contributed by atoms with van der Waals surface area (Å²) in [5, 5.41) is 0. The van der Waals surface area contributed by atoms with Crippen LogP contribution in [0.5, 0.6) is 0 Å². The maximum atomic E-state index is 2.41. The molecule has 114 valence electrons. The van der Waals surface area contributed by atoms with Crippen LogP contribution in [-0.2, 0) is 0 Å². The summed E-state index contributed by atoms with van der Waals surface area (Å²) in [6.07, 6.45) is 25.9. The van der Waals surface area contributed by atoms with Crippen molar-refractivity contribution >= 4 is 0 Å². The van der Waals surface area contributed by atoms with Crippen LogP contribution < -0.4 is 0 Å². The lowest BCUT2D eigenvalue weighted by atomic mass is 10.1. The molecule has 0 aromatic rings. The van der Waals surface area contributed by atoms with Crippen LogP contribution in [0.3, 0.4) is 0 Å². The molecule has 0 rings (SSSR count). The van der Waals surface area contributed by atoms with Crippen molar-refractivity contribution in [3.8, 4) is 0 Å². The Labute approximate surface area is 123 Å². The Hall–Kier alpha value is -0.260. The fraction of sp³-hybridized carbons (Fsp3) is 0.895. The first-order valence-corrected chi connectivity index (χ1v) is 9.06. The van der Waals surface area contributed by atoms with Crippen molar-refractivity contribution in [1.29, 1.82) is 0 Å². The Bertz CT molecular complexity index is 169. The van der Waals surface area contributed by atoms with Crippen molar-refractivity contribution in [3.63, 3.8) is 0 Å². The van der Waals surface area contributed by atoms with Gasteiger partial charge in [-0.2, -0.15) is 0 Å². The molecule has 0 aliphatic carbocycles. The highest BCUT2D eigenvalue weighted by atomic mass is 14.0. The van der Waals surface area contributed by atoms with Gasteiger partial charge in [-0.3, -0.25) is 0 Å². The third-order valence-electron chi connectivity index (χ3n) is 3.87. The minimum absolute atomic E-state index is 1.30. The van der Waals surface area contributed by atoms with E-state index in [1.807, 2.05) is 0 Å². The Morgan fingerprint density at radius 1 is 0.421 bits per heavy atom. The van der Waals surface area contributed by atoms with Crippen molar-refractivity contribution in [1.82, 2.24) is 0 Å². The molecule has 0 aromatic carbocycles. The zero-order valence-electron chi connectivity index (χ0n) is 13.8. The molecule has 0 atom stereocenters. The summed E-state index contributed by atoms with van der Waals surface area (Å²) >= 11 is 0. The van der Waals surface area contributed by atoms with Crippen LogP contribution in [0, 0.1) is 0 Å². The quantitative estimate of drug-likeness (QED) is 0.213. The van der Waals surface area contributed by atoms with Gasteiger partial charge < -0.3 is 0 Å². The average Bonchev–Trinajstić information content (AvgIpc) is 2.43. The summed E-state index contributed by atoms with van der Waals surface area (Å²) in [5.41, 5.74) is 0. The highest BCUT2D eigenvalue weighted by Gasteiger charge is 1.91. The monoisotopic (exact) mass is 266 g/mol. The molecular formula is C19H38. The summed E-state index contributed by atoms with van der Waals surface area (Å²) in [4.78, 5) is 0. The second kappa shape index (κ2) is 17.7. The molecule has 0 bridgehead atoms. The lowest BCUT2D eigenvalue weighted by Crippen LogP contribution is -1.80. The minimum Gasteiger partial charge on any atom is -0.0885 e. The van der Waals surface area contributed by atoms with Gasteiger partial charge in [-0.25, -0.2) is 0 Å². The summed E-state index contributed by atoms with van der Waals surface area (Å²) in [7, 11) is 0. The number of hydrogen-bond acceptors (Lipinski definition) is 0. The third kappa shape index (κ3) is 17.7. The van der Waals surface area contributed by atoms with Gasteiger partial charge in [-0.05, 0) is 25.7 Å². The Morgan fingerprint density at radius 2 is 0.737 bits per heavy atom. The van der Waals surface area contributed by atoms with E-state index in [4.69, 9.17) is 0 Å². The normalized spacial score (nSPS) is 11.5. The van der Waals surface area contributed by atoms with Gasteiger partial charge in [0.15, 0.2) is 0 Å². The van der Waals surface area contributed by atoms with Crippen LogP contribution in [0.15, 0.2) is 12.2 Å². The number of rotatable bonds is 15. The van der Waals surface area contributed by atoms with Crippen molar-refractivity contribution < 1.29 is 0 Å². The molecule has 0 aromatic heterocycles. The van der Waals surface area contributed by atoms with Gasteiger partial charge in [0.2, 0.25) is 0 Å². The highest BCUT2D eigenvalue weighted by Crippen LogP contribution is 2.11. The molecule has 0 spiro atoms. The molecule has 0 aliphatic rings. The molecule has 19 heavy (non-hydrogen) atoms. The Morgan fingerprint density at radius 3 is 1.16 bits per heavy atom. The molecule has 0 N–H and O–H groups in total. The van der Waals surface area contributed by atoms with Crippen LogP contribution in [0.4, 0.5) is 0 Å². The fourth-order valence-electron chi connectivity index (χ4n) is 2.50. The standard InChI is InChI=1S/C19H38/c1-3-5-7-9-11-13-15-17-19-18-16-14-12-10-8-6-4-2/h13,15H,3-12,14,16-19H2,1-2H3/b15-13-. The molecule has 0 saturated heterocycles. The predicted molar refractivity (Wildman–Crippen MR) is 89.7 cm³/mol. The van der Waals surface area contributed by atoms with E-state index in [1.165, 1.54) is 96.3 Å². The van der Waals surface area contributed by atoms with Crippen LogP contribution in [0.25, 0.3) is 0 Å². The van der Waals surface area contributed by atoms with E-state index < -0.39 is 0 Å². The zero-order chi connectivity index (χ0) is 14.0. The Kier molecular flexibility index (Phi) is 17.5.